The quantitative estimate of drug-likeness (QED) is 0.876. The molecule has 0 saturated heterocycles. The molecule has 4 heteroatoms. The minimum Gasteiger partial charge on any atom is -0.304 e. The highest BCUT2D eigenvalue weighted by Crippen LogP contribution is 2.25. The van der Waals surface area contributed by atoms with Gasteiger partial charge in [0.1, 0.15) is 0 Å². The molecular weight excluding hydrogens is 282 g/mol. The summed E-state index contributed by atoms with van der Waals surface area (Å²) in [5.41, 5.74) is 4.90. The molecule has 0 aliphatic carbocycles. The number of rotatable bonds is 5. The monoisotopic (exact) mass is 305 g/mol. The smallest absolute Gasteiger partial charge is 0.0644 e. The van der Waals surface area contributed by atoms with Crippen LogP contribution in [-0.2, 0) is 6.54 Å². The van der Waals surface area contributed by atoms with Crippen LogP contribution in [-0.4, -0.2) is 9.78 Å². The van der Waals surface area contributed by atoms with Gasteiger partial charge in [0.05, 0.1) is 5.69 Å². The largest absolute Gasteiger partial charge is 0.304 e. The van der Waals surface area contributed by atoms with Crippen molar-refractivity contribution < 1.29 is 0 Å². The van der Waals surface area contributed by atoms with Gasteiger partial charge in [-0.15, -0.1) is 0 Å². The average Bonchev–Trinajstić information content (AvgIpc) is 2.73. The zero-order chi connectivity index (χ0) is 15.6. The van der Waals surface area contributed by atoms with Crippen LogP contribution in [0.4, 0.5) is 0 Å². The maximum absolute atomic E-state index is 5.95. The van der Waals surface area contributed by atoms with Crippen LogP contribution in [0.2, 0.25) is 5.02 Å². The summed E-state index contributed by atoms with van der Waals surface area (Å²) in [6.07, 6.45) is 0. The van der Waals surface area contributed by atoms with Crippen LogP contribution in [0.5, 0.6) is 0 Å². The van der Waals surface area contributed by atoms with Crippen LogP contribution >= 0.6 is 11.6 Å². The number of benzene rings is 1. The predicted molar refractivity (Wildman–Crippen MR) is 88.8 cm³/mol. The van der Waals surface area contributed by atoms with E-state index in [-0.39, 0.29) is 12.1 Å². The molecule has 0 fully saturated rings. The molecule has 2 aromatic rings. The number of aryl methyl sites for hydroxylation is 2. The number of halogens is 1. The number of hydrogen-bond acceptors (Lipinski definition) is 2. The Hall–Kier alpha value is -1.32. The Bertz CT molecular complexity index is 601. The van der Waals surface area contributed by atoms with Gasteiger partial charge in [-0.2, -0.15) is 5.10 Å². The van der Waals surface area contributed by atoms with Gasteiger partial charge in [0, 0.05) is 34.9 Å². The van der Waals surface area contributed by atoms with Crippen molar-refractivity contribution >= 4 is 11.6 Å². The number of nitrogens with zero attached hydrogens (tertiary/aromatic N) is 2. The molecule has 1 unspecified atom stereocenters. The van der Waals surface area contributed by atoms with E-state index >= 15 is 0 Å². The number of aromatic nitrogens is 2. The summed E-state index contributed by atoms with van der Waals surface area (Å²) in [5, 5.41) is 9.03. The third-order valence-corrected chi connectivity index (χ3v) is 4.29. The zero-order valence-corrected chi connectivity index (χ0v) is 14.2. The fourth-order valence-corrected chi connectivity index (χ4v) is 3.08. The van der Waals surface area contributed by atoms with Gasteiger partial charge in [-0.3, -0.25) is 4.68 Å². The van der Waals surface area contributed by atoms with Gasteiger partial charge in [0.25, 0.3) is 0 Å². The Kier molecular flexibility index (Phi) is 5.07. The standard InChI is InChI=1S/C17H24ClN3/c1-6-21-14(5)17(13(4)20-21)12(3)19-11(2)15-7-9-16(18)10-8-15/h7-12,19H,6H2,1-5H3/t11-,12?/m1/s1. The lowest BCUT2D eigenvalue weighted by Crippen LogP contribution is -2.23. The Labute approximate surface area is 132 Å². The van der Waals surface area contributed by atoms with E-state index in [0.29, 0.717) is 0 Å². The van der Waals surface area contributed by atoms with Gasteiger partial charge < -0.3 is 5.32 Å². The van der Waals surface area contributed by atoms with Crippen LogP contribution in [0.15, 0.2) is 24.3 Å². The van der Waals surface area contributed by atoms with Crippen LogP contribution in [0.1, 0.15) is 55.4 Å². The summed E-state index contributed by atoms with van der Waals surface area (Å²) in [6.45, 7) is 11.6. The molecular formula is C17H24ClN3. The summed E-state index contributed by atoms with van der Waals surface area (Å²) in [5.74, 6) is 0. The van der Waals surface area contributed by atoms with Gasteiger partial charge in [0.2, 0.25) is 0 Å². The van der Waals surface area contributed by atoms with E-state index in [9.17, 15) is 0 Å². The van der Waals surface area contributed by atoms with E-state index in [1.165, 1.54) is 16.8 Å². The fourth-order valence-electron chi connectivity index (χ4n) is 2.95. The lowest BCUT2D eigenvalue weighted by atomic mass is 10.0. The fraction of sp³-hybridized carbons (Fsp3) is 0.471. The lowest BCUT2D eigenvalue weighted by Gasteiger charge is -2.21. The van der Waals surface area contributed by atoms with Crippen molar-refractivity contribution in [1.29, 1.82) is 0 Å². The highest BCUT2D eigenvalue weighted by molar-refractivity contribution is 6.30. The first kappa shape index (κ1) is 16.1. The molecule has 0 amide bonds. The zero-order valence-electron chi connectivity index (χ0n) is 13.4. The van der Waals surface area contributed by atoms with Crippen molar-refractivity contribution in [2.24, 2.45) is 0 Å². The molecule has 0 aliphatic rings. The van der Waals surface area contributed by atoms with Crippen LogP contribution in [0, 0.1) is 13.8 Å². The van der Waals surface area contributed by atoms with Crippen molar-refractivity contribution in [3.05, 3.63) is 51.8 Å². The van der Waals surface area contributed by atoms with E-state index in [1.807, 2.05) is 12.1 Å². The summed E-state index contributed by atoms with van der Waals surface area (Å²) < 4.78 is 2.07. The first-order valence-electron chi connectivity index (χ1n) is 7.49. The van der Waals surface area contributed by atoms with Crippen molar-refractivity contribution in [2.45, 2.75) is 53.2 Å². The Morgan fingerprint density at radius 1 is 1.14 bits per heavy atom. The Balaban J connectivity index is 2.16. The van der Waals surface area contributed by atoms with Crippen molar-refractivity contribution in [1.82, 2.24) is 15.1 Å². The molecule has 2 atom stereocenters. The first-order valence-corrected chi connectivity index (χ1v) is 7.87. The lowest BCUT2D eigenvalue weighted by molar-refractivity contribution is 0.491. The third kappa shape index (κ3) is 3.47. The minimum absolute atomic E-state index is 0.260. The highest BCUT2D eigenvalue weighted by Gasteiger charge is 2.18. The molecule has 0 bridgehead atoms. The number of hydrogen-bond donors (Lipinski definition) is 1. The van der Waals surface area contributed by atoms with Gasteiger partial charge in [-0.1, -0.05) is 23.7 Å². The molecule has 0 spiro atoms. The second kappa shape index (κ2) is 6.63. The predicted octanol–water partition coefficient (Wildman–Crippen LogP) is 4.59. The molecule has 1 N–H and O–H groups in total. The van der Waals surface area contributed by atoms with Crippen molar-refractivity contribution in [3.63, 3.8) is 0 Å². The molecule has 1 heterocycles. The normalized spacial score (nSPS) is 14.2. The SMILES string of the molecule is CCn1nc(C)c(C(C)N[C@H](C)c2ccc(Cl)cc2)c1C. The molecule has 1 aromatic carbocycles. The molecule has 2 rings (SSSR count). The average molecular weight is 306 g/mol. The van der Waals surface area contributed by atoms with Gasteiger partial charge >= 0.3 is 0 Å². The van der Waals surface area contributed by atoms with Crippen LogP contribution < -0.4 is 5.32 Å². The second-order valence-electron chi connectivity index (χ2n) is 5.56. The summed E-state index contributed by atoms with van der Waals surface area (Å²) >= 11 is 5.95. The van der Waals surface area contributed by atoms with Gasteiger partial charge in [-0.25, -0.2) is 0 Å². The van der Waals surface area contributed by atoms with Crippen LogP contribution in [0.25, 0.3) is 0 Å². The van der Waals surface area contributed by atoms with E-state index in [2.05, 4.69) is 61.8 Å². The second-order valence-corrected chi connectivity index (χ2v) is 6.00. The molecule has 114 valence electrons. The molecule has 1 aromatic heterocycles. The van der Waals surface area contributed by atoms with Gasteiger partial charge in [-0.05, 0) is 52.3 Å². The highest BCUT2D eigenvalue weighted by atomic mass is 35.5. The van der Waals surface area contributed by atoms with E-state index in [4.69, 9.17) is 11.6 Å². The molecule has 0 saturated carbocycles. The summed E-state index contributed by atoms with van der Waals surface area (Å²) in [4.78, 5) is 0. The minimum atomic E-state index is 0.260. The molecule has 0 radical (unpaired) electrons. The van der Waals surface area contributed by atoms with Crippen LogP contribution in [0.3, 0.4) is 0 Å². The number of nitrogens with one attached hydrogen (secondary N) is 1. The van der Waals surface area contributed by atoms with Crippen molar-refractivity contribution in [3.8, 4) is 0 Å². The summed E-state index contributed by atoms with van der Waals surface area (Å²) in [7, 11) is 0. The topological polar surface area (TPSA) is 29.9 Å². The maximum atomic E-state index is 5.95. The summed E-state index contributed by atoms with van der Waals surface area (Å²) in [6, 6.07) is 8.54. The molecule has 0 aliphatic heterocycles. The van der Waals surface area contributed by atoms with E-state index in [0.717, 1.165) is 17.3 Å². The molecule has 21 heavy (non-hydrogen) atoms. The Morgan fingerprint density at radius 3 is 2.29 bits per heavy atom. The Morgan fingerprint density at radius 2 is 1.76 bits per heavy atom. The molecule has 3 nitrogen and oxygen atoms in total. The third-order valence-electron chi connectivity index (χ3n) is 4.04. The van der Waals surface area contributed by atoms with Crippen molar-refractivity contribution in [2.75, 3.05) is 0 Å². The first-order chi connectivity index (χ1) is 9.93. The van der Waals surface area contributed by atoms with Gasteiger partial charge in [0.15, 0.2) is 0 Å². The van der Waals surface area contributed by atoms with E-state index in [1.54, 1.807) is 0 Å². The van der Waals surface area contributed by atoms with E-state index < -0.39 is 0 Å². The maximum Gasteiger partial charge on any atom is 0.0644 e.